The van der Waals surface area contributed by atoms with Crippen molar-refractivity contribution in [2.45, 2.75) is 13.0 Å². The summed E-state index contributed by atoms with van der Waals surface area (Å²) in [5.74, 6) is 0.726. The summed E-state index contributed by atoms with van der Waals surface area (Å²) < 4.78 is 35.9. The molecule has 0 radical (unpaired) electrons. The van der Waals surface area contributed by atoms with Crippen LogP contribution in [-0.2, 0) is 14.8 Å². The third-order valence-electron chi connectivity index (χ3n) is 4.01. The Bertz CT molecular complexity index is 898. The van der Waals surface area contributed by atoms with Gasteiger partial charge in [0, 0.05) is 11.6 Å². The Balaban J connectivity index is 2.19. The molecule has 0 saturated carbocycles. The fourth-order valence-corrected chi connectivity index (χ4v) is 3.53. The number of carbonyl (C=O) groups is 1. The van der Waals surface area contributed by atoms with Gasteiger partial charge < -0.3 is 14.8 Å². The van der Waals surface area contributed by atoms with Gasteiger partial charge >= 0.3 is 0 Å². The number of ether oxygens (including phenoxy) is 2. The molecule has 0 aromatic heterocycles. The number of rotatable bonds is 8. The van der Waals surface area contributed by atoms with E-state index in [0.717, 1.165) is 16.1 Å². The lowest BCUT2D eigenvalue weighted by atomic mass is 10.1. The van der Waals surface area contributed by atoms with Gasteiger partial charge in [-0.15, -0.1) is 0 Å². The fraction of sp³-hybridized carbons (Fsp3) is 0.316. The normalized spacial score (nSPS) is 12.1. The van der Waals surface area contributed by atoms with E-state index in [1.54, 1.807) is 37.4 Å². The number of anilines is 1. The molecule has 1 N–H and O–H groups in total. The van der Waals surface area contributed by atoms with E-state index in [2.05, 4.69) is 5.32 Å². The van der Waals surface area contributed by atoms with Crippen molar-refractivity contribution in [3.05, 3.63) is 54.1 Å². The van der Waals surface area contributed by atoms with Crippen molar-refractivity contribution >= 4 is 21.6 Å². The van der Waals surface area contributed by atoms with Crippen LogP contribution in [0.4, 0.5) is 5.69 Å². The van der Waals surface area contributed by atoms with Crippen molar-refractivity contribution in [1.29, 1.82) is 0 Å². The van der Waals surface area contributed by atoms with Gasteiger partial charge in [-0.3, -0.25) is 9.10 Å². The first-order chi connectivity index (χ1) is 12.8. The van der Waals surface area contributed by atoms with E-state index >= 15 is 0 Å². The Morgan fingerprint density at radius 3 is 2.44 bits per heavy atom. The Morgan fingerprint density at radius 2 is 1.81 bits per heavy atom. The molecular weight excluding hydrogens is 368 g/mol. The molecule has 27 heavy (non-hydrogen) atoms. The first-order valence-corrected chi connectivity index (χ1v) is 10.1. The zero-order valence-corrected chi connectivity index (χ0v) is 16.6. The molecule has 8 heteroatoms. The van der Waals surface area contributed by atoms with E-state index in [9.17, 15) is 13.2 Å². The van der Waals surface area contributed by atoms with Crippen LogP contribution in [-0.4, -0.2) is 41.3 Å². The predicted octanol–water partition coefficient (Wildman–Crippen LogP) is 2.35. The highest BCUT2D eigenvalue weighted by molar-refractivity contribution is 7.92. The summed E-state index contributed by atoms with van der Waals surface area (Å²) in [6.45, 7) is 1.47. The van der Waals surface area contributed by atoms with Gasteiger partial charge in [-0.2, -0.15) is 0 Å². The molecule has 0 spiro atoms. The molecule has 0 heterocycles. The van der Waals surface area contributed by atoms with Crippen LogP contribution < -0.4 is 19.1 Å². The van der Waals surface area contributed by atoms with Crippen LogP contribution in [0.5, 0.6) is 11.5 Å². The number of amides is 1. The van der Waals surface area contributed by atoms with Crippen molar-refractivity contribution in [2.24, 2.45) is 0 Å². The van der Waals surface area contributed by atoms with Crippen LogP contribution in [0.1, 0.15) is 18.5 Å². The van der Waals surface area contributed by atoms with Crippen LogP contribution in [0.25, 0.3) is 0 Å². The fourth-order valence-electron chi connectivity index (χ4n) is 2.69. The molecule has 0 fully saturated rings. The van der Waals surface area contributed by atoms with Crippen LogP contribution in [0.2, 0.25) is 0 Å². The monoisotopic (exact) mass is 392 g/mol. The molecule has 0 aliphatic rings. The lowest BCUT2D eigenvalue weighted by Gasteiger charge is -2.24. The summed E-state index contributed by atoms with van der Waals surface area (Å²) in [5.41, 5.74) is 1.16. The predicted molar refractivity (Wildman–Crippen MR) is 105 cm³/mol. The molecule has 0 unspecified atom stereocenters. The van der Waals surface area contributed by atoms with Gasteiger partial charge in [0.1, 0.15) is 18.0 Å². The highest BCUT2D eigenvalue weighted by Gasteiger charge is 2.23. The lowest BCUT2D eigenvalue weighted by molar-refractivity contribution is -0.120. The van der Waals surface area contributed by atoms with Gasteiger partial charge in [0.05, 0.1) is 32.2 Å². The Labute approximate surface area is 160 Å². The summed E-state index contributed by atoms with van der Waals surface area (Å²) in [4.78, 5) is 12.5. The molecule has 2 rings (SSSR count). The largest absolute Gasteiger partial charge is 0.497 e. The van der Waals surface area contributed by atoms with E-state index in [1.807, 2.05) is 25.1 Å². The average Bonchev–Trinajstić information content (AvgIpc) is 2.65. The molecule has 146 valence electrons. The number of para-hydroxylation sites is 1. The van der Waals surface area contributed by atoms with Crippen molar-refractivity contribution in [2.75, 3.05) is 31.3 Å². The molecule has 1 atom stereocenters. The van der Waals surface area contributed by atoms with Crippen LogP contribution in [0.3, 0.4) is 0 Å². The number of sulfonamides is 1. The minimum absolute atomic E-state index is 0.342. The Morgan fingerprint density at radius 1 is 1.11 bits per heavy atom. The number of nitrogens with one attached hydrogen (secondary N) is 1. The highest BCUT2D eigenvalue weighted by atomic mass is 32.2. The molecule has 0 saturated heterocycles. The molecule has 2 aromatic carbocycles. The topological polar surface area (TPSA) is 84.9 Å². The summed E-state index contributed by atoms with van der Waals surface area (Å²) in [7, 11) is -0.610. The molecule has 0 aliphatic heterocycles. The maximum Gasteiger partial charge on any atom is 0.241 e. The number of carbonyl (C=O) groups excluding carboxylic acids is 1. The zero-order chi connectivity index (χ0) is 20.0. The minimum atomic E-state index is -3.66. The summed E-state index contributed by atoms with van der Waals surface area (Å²) in [6.07, 6.45) is 1.06. The molecule has 0 bridgehead atoms. The Kier molecular flexibility index (Phi) is 6.68. The second-order valence-corrected chi connectivity index (χ2v) is 7.91. The zero-order valence-electron chi connectivity index (χ0n) is 15.8. The van der Waals surface area contributed by atoms with Crippen molar-refractivity contribution < 1.29 is 22.7 Å². The minimum Gasteiger partial charge on any atom is -0.497 e. The second-order valence-electron chi connectivity index (χ2n) is 6.00. The van der Waals surface area contributed by atoms with Crippen LogP contribution in [0, 0.1) is 0 Å². The van der Waals surface area contributed by atoms with Crippen molar-refractivity contribution in [1.82, 2.24) is 5.32 Å². The van der Waals surface area contributed by atoms with Gasteiger partial charge in [-0.1, -0.05) is 24.3 Å². The van der Waals surface area contributed by atoms with Gasteiger partial charge in [-0.05, 0) is 25.1 Å². The summed E-state index contributed by atoms with van der Waals surface area (Å²) in [5, 5.41) is 2.82. The standard InChI is InChI=1S/C19H24N2O5S/c1-14(17-10-5-6-11-18(17)26-3)20-19(22)13-21(27(4,23)24)15-8-7-9-16(12-15)25-2/h5-12,14H,13H2,1-4H3,(H,20,22)/t14-/m1/s1. The number of methoxy groups -OCH3 is 2. The quantitative estimate of drug-likeness (QED) is 0.745. The van der Waals surface area contributed by atoms with E-state index in [4.69, 9.17) is 9.47 Å². The number of hydrogen-bond donors (Lipinski definition) is 1. The van der Waals surface area contributed by atoms with Gasteiger partial charge in [0.25, 0.3) is 0 Å². The first-order valence-electron chi connectivity index (χ1n) is 8.30. The molecule has 2 aromatic rings. The van der Waals surface area contributed by atoms with E-state index in [-0.39, 0.29) is 12.6 Å². The van der Waals surface area contributed by atoms with Crippen LogP contribution >= 0.6 is 0 Å². The van der Waals surface area contributed by atoms with Gasteiger partial charge in [0.2, 0.25) is 15.9 Å². The molecular formula is C19H24N2O5S. The number of benzene rings is 2. The third-order valence-corrected chi connectivity index (χ3v) is 5.15. The molecule has 1 amide bonds. The average molecular weight is 392 g/mol. The smallest absolute Gasteiger partial charge is 0.241 e. The van der Waals surface area contributed by atoms with Gasteiger partial charge in [0.15, 0.2) is 0 Å². The molecule has 0 aliphatic carbocycles. The van der Waals surface area contributed by atoms with Crippen molar-refractivity contribution in [3.63, 3.8) is 0 Å². The van der Waals surface area contributed by atoms with E-state index in [0.29, 0.717) is 17.2 Å². The maximum atomic E-state index is 12.5. The van der Waals surface area contributed by atoms with E-state index in [1.165, 1.54) is 7.11 Å². The summed E-state index contributed by atoms with van der Waals surface area (Å²) in [6, 6.07) is 13.5. The Hall–Kier alpha value is -2.74. The van der Waals surface area contributed by atoms with Crippen LogP contribution in [0.15, 0.2) is 48.5 Å². The SMILES string of the molecule is COc1cccc(N(CC(=O)N[C@H](C)c2ccccc2OC)S(C)(=O)=O)c1. The van der Waals surface area contributed by atoms with E-state index < -0.39 is 15.9 Å². The third kappa shape index (κ3) is 5.37. The van der Waals surface area contributed by atoms with Gasteiger partial charge in [-0.25, -0.2) is 8.42 Å². The maximum absolute atomic E-state index is 12.5. The first kappa shape index (κ1) is 20.6. The molecule has 7 nitrogen and oxygen atoms in total. The highest BCUT2D eigenvalue weighted by Crippen LogP contribution is 2.25. The van der Waals surface area contributed by atoms with Crippen molar-refractivity contribution in [3.8, 4) is 11.5 Å². The number of nitrogens with zero attached hydrogens (tertiary/aromatic N) is 1. The second kappa shape index (κ2) is 8.77. The summed E-state index contributed by atoms with van der Waals surface area (Å²) >= 11 is 0. The number of hydrogen-bond acceptors (Lipinski definition) is 5. The lowest BCUT2D eigenvalue weighted by Crippen LogP contribution is -2.41.